The molecule has 4 fully saturated rings. The minimum Gasteiger partial charge on any atom is -0.495 e. The van der Waals surface area contributed by atoms with Crippen LogP contribution in [0.2, 0.25) is 0 Å². The van der Waals surface area contributed by atoms with E-state index in [1.807, 2.05) is 12.1 Å². The molecule has 17 nitrogen and oxygen atoms in total. The number of ether oxygens (including phenoxy) is 2. The van der Waals surface area contributed by atoms with Gasteiger partial charge in [-0.15, -0.1) is 0 Å². The molecule has 3 aromatic carbocycles. The number of anilines is 4. The topological polar surface area (TPSA) is 191 Å². The zero-order valence-electron chi connectivity index (χ0n) is 38.5. The molecule has 4 aliphatic heterocycles. The molecule has 1 unspecified atom stereocenters. The summed E-state index contributed by atoms with van der Waals surface area (Å²) < 4.78 is 25.6. The number of hydrogen-bond donors (Lipinski definition) is 4. The fourth-order valence-electron chi connectivity index (χ4n) is 9.99. The van der Waals surface area contributed by atoms with Crippen LogP contribution in [0.25, 0.3) is 10.9 Å². The second kappa shape index (κ2) is 19.4. The lowest BCUT2D eigenvalue weighted by Gasteiger charge is -2.39. The summed E-state index contributed by atoms with van der Waals surface area (Å²) >= 11 is 0. The summed E-state index contributed by atoms with van der Waals surface area (Å²) in [7, 11) is 1.68. The van der Waals surface area contributed by atoms with E-state index in [-0.39, 0.29) is 18.2 Å². The number of halogens is 1. The number of rotatable bonds is 15. The Kier molecular flexibility index (Phi) is 12.8. The number of piperazine rings is 1. The largest absolute Gasteiger partial charge is 0.495 e. The van der Waals surface area contributed by atoms with Crippen LogP contribution in [-0.2, 0) is 25.7 Å². The number of nitrogens with one attached hydrogen (secondary N) is 4. The standard InChI is InChI=1S/C51H55FN10O7/c1-68-44-26-38-39(54-17-12-43(38)69-37-8-6-36(7-9-37)57-50(67)51(15-16-51)49(66)56-35-4-2-34(52)3-5-35)27-42(44)61-19-13-32(14-20-61)30-60-24-22-59(23-25-60)21-18-55-40-29-53-28-33-31-62(48(65)46(33)40)41-10-11-45(63)58-47(41)64/h2-9,12,17,26-29,32,41,55H,10-11,13-16,18-25,30-31H2,1H3,(H,56,66)(H,57,67)(H,58,63,64). The van der Waals surface area contributed by atoms with E-state index >= 15 is 0 Å². The number of amides is 5. The first kappa shape index (κ1) is 45.6. The van der Waals surface area contributed by atoms with Gasteiger partial charge >= 0.3 is 0 Å². The van der Waals surface area contributed by atoms with Crippen molar-refractivity contribution in [1.82, 2.24) is 30.0 Å². The molecule has 0 radical (unpaired) electrons. The minimum atomic E-state index is -1.17. The van der Waals surface area contributed by atoms with Crippen molar-refractivity contribution in [1.29, 1.82) is 0 Å². The Hall–Kier alpha value is -7.18. The van der Waals surface area contributed by atoms with Crippen LogP contribution in [0.1, 0.15) is 54.4 Å². The first-order valence-corrected chi connectivity index (χ1v) is 23.7. The molecule has 1 saturated carbocycles. The van der Waals surface area contributed by atoms with Crippen molar-refractivity contribution >= 4 is 63.2 Å². The third kappa shape index (κ3) is 9.76. The number of piperidine rings is 2. The zero-order valence-corrected chi connectivity index (χ0v) is 38.5. The molecule has 69 heavy (non-hydrogen) atoms. The Morgan fingerprint density at radius 2 is 1.54 bits per heavy atom. The van der Waals surface area contributed by atoms with E-state index in [0.29, 0.717) is 72.4 Å². The monoisotopic (exact) mass is 938 g/mol. The van der Waals surface area contributed by atoms with Crippen LogP contribution in [0.5, 0.6) is 17.2 Å². The lowest BCUT2D eigenvalue weighted by atomic mass is 9.95. The van der Waals surface area contributed by atoms with Gasteiger partial charge in [0.15, 0.2) is 0 Å². The highest BCUT2D eigenvalue weighted by Crippen LogP contribution is 2.48. The summed E-state index contributed by atoms with van der Waals surface area (Å²) in [4.78, 5) is 81.9. The van der Waals surface area contributed by atoms with Gasteiger partial charge in [-0.1, -0.05) is 0 Å². The van der Waals surface area contributed by atoms with Gasteiger partial charge in [0, 0.05) is 107 Å². The highest BCUT2D eigenvalue weighted by molar-refractivity contribution is 6.17. The normalized spacial score (nSPS) is 19.5. The number of nitrogens with zero attached hydrogens (tertiary/aromatic N) is 6. The number of benzene rings is 3. The van der Waals surface area contributed by atoms with Gasteiger partial charge in [-0.25, -0.2) is 4.39 Å². The van der Waals surface area contributed by atoms with Crippen molar-refractivity contribution in [2.75, 3.05) is 86.9 Å². The maximum absolute atomic E-state index is 13.5. The van der Waals surface area contributed by atoms with Crippen LogP contribution in [0.4, 0.5) is 27.1 Å². The Morgan fingerprint density at radius 3 is 2.22 bits per heavy atom. The molecular weight excluding hydrogens is 884 g/mol. The Bertz CT molecular complexity index is 2770. The highest BCUT2D eigenvalue weighted by Gasteiger charge is 2.56. The summed E-state index contributed by atoms with van der Waals surface area (Å²) in [6, 6.07) is 17.6. The van der Waals surface area contributed by atoms with Crippen LogP contribution in [0.15, 0.2) is 85.3 Å². The number of fused-ring (bicyclic) bond motifs is 2. The second-order valence-electron chi connectivity index (χ2n) is 18.6. The summed E-state index contributed by atoms with van der Waals surface area (Å²) in [5.41, 5.74) is 3.60. The molecule has 0 bridgehead atoms. The van der Waals surface area contributed by atoms with Gasteiger partial charge in [-0.3, -0.25) is 44.2 Å². The number of imide groups is 1. The smallest absolute Gasteiger partial charge is 0.257 e. The third-order valence-corrected chi connectivity index (χ3v) is 14.2. The van der Waals surface area contributed by atoms with Gasteiger partial charge in [0.05, 0.1) is 35.8 Å². The number of hydrogen-bond acceptors (Lipinski definition) is 13. The molecule has 10 rings (SSSR count). The van der Waals surface area contributed by atoms with Crippen LogP contribution in [-0.4, -0.2) is 126 Å². The second-order valence-corrected chi connectivity index (χ2v) is 18.6. The van der Waals surface area contributed by atoms with Crippen molar-refractivity contribution in [3.63, 3.8) is 0 Å². The quantitative estimate of drug-likeness (QED) is 0.0747. The summed E-state index contributed by atoms with van der Waals surface area (Å²) in [5.74, 6) is 0.358. The van der Waals surface area contributed by atoms with E-state index in [4.69, 9.17) is 14.5 Å². The number of carbonyl (C=O) groups is 5. The molecule has 3 saturated heterocycles. The number of carbonyl (C=O) groups excluding carboxylic acids is 5. The summed E-state index contributed by atoms with van der Waals surface area (Å²) in [5, 5.41) is 12.2. The highest BCUT2D eigenvalue weighted by atomic mass is 19.1. The SMILES string of the molecule is COc1cc2c(Oc3ccc(NC(=O)C4(C(=O)Nc5ccc(F)cc5)CC4)cc3)ccnc2cc1N1CCC(CN2CCN(CCNc3cncc4c3C(=O)N(C3CCC(=O)NC3=O)C4)CC2)CC1. The number of pyridine rings is 2. The molecule has 4 N–H and O–H groups in total. The van der Waals surface area contributed by atoms with E-state index in [1.165, 1.54) is 24.3 Å². The summed E-state index contributed by atoms with van der Waals surface area (Å²) in [6.07, 6.45) is 8.62. The molecule has 2 aromatic heterocycles. The third-order valence-electron chi connectivity index (χ3n) is 14.2. The Labute approximate surface area is 398 Å². The average Bonchev–Trinajstić information content (AvgIpc) is 4.11. The van der Waals surface area contributed by atoms with Crippen LogP contribution >= 0.6 is 0 Å². The van der Waals surface area contributed by atoms with Crippen molar-refractivity contribution in [2.45, 2.75) is 51.1 Å². The average molecular weight is 939 g/mol. The molecule has 5 aliphatic rings. The van der Waals surface area contributed by atoms with Crippen molar-refractivity contribution in [3.05, 3.63) is 102 Å². The molecule has 358 valence electrons. The number of aromatic nitrogens is 2. The number of methoxy groups -OCH3 is 1. The van der Waals surface area contributed by atoms with Crippen LogP contribution in [0, 0.1) is 17.2 Å². The van der Waals surface area contributed by atoms with Crippen LogP contribution < -0.4 is 35.6 Å². The van der Waals surface area contributed by atoms with Gasteiger partial charge in [-0.05, 0) is 105 Å². The lowest BCUT2D eigenvalue weighted by Crippen LogP contribution is -2.52. The van der Waals surface area contributed by atoms with Crippen molar-refractivity contribution in [3.8, 4) is 17.2 Å². The molecule has 0 spiro atoms. The zero-order chi connectivity index (χ0) is 47.6. The fourth-order valence-corrected chi connectivity index (χ4v) is 9.99. The minimum absolute atomic E-state index is 0.205. The van der Waals surface area contributed by atoms with E-state index in [9.17, 15) is 28.4 Å². The predicted molar refractivity (Wildman–Crippen MR) is 257 cm³/mol. The van der Waals surface area contributed by atoms with Crippen molar-refractivity contribution < 1.29 is 37.8 Å². The first-order chi connectivity index (χ1) is 33.5. The molecule has 1 atom stereocenters. The first-order valence-electron chi connectivity index (χ1n) is 23.7. The van der Waals surface area contributed by atoms with E-state index in [2.05, 4.69) is 47.0 Å². The van der Waals surface area contributed by atoms with Crippen LogP contribution in [0.3, 0.4) is 0 Å². The molecule has 5 amide bonds. The van der Waals surface area contributed by atoms with Crippen molar-refractivity contribution in [2.24, 2.45) is 11.3 Å². The van der Waals surface area contributed by atoms with Gasteiger partial charge in [0.25, 0.3) is 5.91 Å². The molecule has 5 aromatic rings. The molecule has 6 heterocycles. The van der Waals surface area contributed by atoms with Gasteiger partial charge in [0.2, 0.25) is 23.6 Å². The van der Waals surface area contributed by atoms with Gasteiger partial charge in [0.1, 0.15) is 34.5 Å². The Morgan fingerprint density at radius 1 is 0.841 bits per heavy atom. The molecule has 1 aliphatic carbocycles. The predicted octanol–water partition coefficient (Wildman–Crippen LogP) is 5.63. The maximum atomic E-state index is 13.5. The fraction of sp³-hybridized carbons (Fsp3) is 0.392. The lowest BCUT2D eigenvalue weighted by molar-refractivity contribution is -0.137. The van der Waals surface area contributed by atoms with E-state index in [1.54, 1.807) is 54.9 Å². The van der Waals surface area contributed by atoms with Gasteiger partial charge < -0.3 is 40.1 Å². The Balaban J connectivity index is 0.678. The summed E-state index contributed by atoms with van der Waals surface area (Å²) in [6.45, 7) is 8.60. The molecule has 18 heteroatoms. The van der Waals surface area contributed by atoms with Gasteiger partial charge in [-0.2, -0.15) is 0 Å². The van der Waals surface area contributed by atoms with E-state index in [0.717, 1.165) is 93.1 Å². The molecular formula is C51H55FN10O7. The maximum Gasteiger partial charge on any atom is 0.257 e. The van der Waals surface area contributed by atoms with E-state index < -0.39 is 35.0 Å².